The van der Waals surface area contributed by atoms with Crippen molar-refractivity contribution in [2.75, 3.05) is 0 Å². The van der Waals surface area contributed by atoms with E-state index in [4.69, 9.17) is 0 Å². The Labute approximate surface area is 103 Å². The minimum absolute atomic E-state index is 0.137. The van der Waals surface area contributed by atoms with Crippen molar-refractivity contribution in [3.05, 3.63) is 35.4 Å². The van der Waals surface area contributed by atoms with Crippen LogP contribution in [0.15, 0.2) is 24.3 Å². The van der Waals surface area contributed by atoms with E-state index in [2.05, 4.69) is 0 Å². The van der Waals surface area contributed by atoms with Crippen molar-refractivity contribution in [1.29, 1.82) is 0 Å². The molecule has 1 fully saturated rings. The molecule has 1 aliphatic carbocycles. The molecule has 1 unspecified atom stereocenters. The molecule has 0 spiro atoms. The van der Waals surface area contributed by atoms with E-state index < -0.39 is 5.60 Å². The molecule has 2 rings (SSSR count). The largest absolute Gasteiger partial charge is 0.382 e. The van der Waals surface area contributed by atoms with Crippen molar-refractivity contribution in [1.82, 2.24) is 0 Å². The van der Waals surface area contributed by atoms with Gasteiger partial charge in [-0.1, -0.05) is 37.6 Å². The summed E-state index contributed by atoms with van der Waals surface area (Å²) < 4.78 is 0. The molecule has 0 heterocycles. The predicted octanol–water partition coefficient (Wildman–Crippen LogP) is 3.30. The lowest BCUT2D eigenvalue weighted by molar-refractivity contribution is 0.0388. The maximum absolute atomic E-state index is 12.3. The zero-order chi connectivity index (χ0) is 12.5. The number of carbonyl (C=O) groups is 1. The molecule has 0 aliphatic heterocycles. The summed E-state index contributed by atoms with van der Waals surface area (Å²) in [5, 5.41) is 10.1. The molecular weight excluding hydrogens is 212 g/mol. The van der Waals surface area contributed by atoms with Crippen LogP contribution in [0.4, 0.5) is 0 Å². The van der Waals surface area contributed by atoms with E-state index in [0.717, 1.165) is 5.56 Å². The second-order valence-electron chi connectivity index (χ2n) is 5.17. The van der Waals surface area contributed by atoms with E-state index in [9.17, 15) is 9.90 Å². The minimum atomic E-state index is -1.24. The Morgan fingerprint density at radius 3 is 2.59 bits per heavy atom. The summed E-state index contributed by atoms with van der Waals surface area (Å²) in [6.07, 6.45) is 4.03. The second-order valence-corrected chi connectivity index (χ2v) is 5.17. The van der Waals surface area contributed by atoms with E-state index in [-0.39, 0.29) is 5.78 Å². The lowest BCUT2D eigenvalue weighted by atomic mass is 9.76. The van der Waals surface area contributed by atoms with Crippen LogP contribution in [0.1, 0.15) is 61.4 Å². The quantitative estimate of drug-likeness (QED) is 0.809. The van der Waals surface area contributed by atoms with Gasteiger partial charge in [0.15, 0.2) is 5.78 Å². The lowest BCUT2D eigenvalue weighted by Crippen LogP contribution is -2.35. The van der Waals surface area contributed by atoms with Crippen LogP contribution in [0.2, 0.25) is 0 Å². The molecule has 1 aromatic rings. The first-order valence-electron chi connectivity index (χ1n) is 6.42. The molecule has 1 aliphatic rings. The SMILES string of the molecule is CCC(C)(O)C(=O)c1ccccc1C1CCC1. The Hall–Kier alpha value is -1.15. The zero-order valence-electron chi connectivity index (χ0n) is 10.6. The van der Waals surface area contributed by atoms with Gasteiger partial charge >= 0.3 is 0 Å². The first-order chi connectivity index (χ1) is 8.06. The van der Waals surface area contributed by atoms with Crippen molar-refractivity contribution >= 4 is 5.78 Å². The number of aliphatic hydroxyl groups is 1. The summed E-state index contributed by atoms with van der Waals surface area (Å²) in [7, 11) is 0. The maximum Gasteiger partial charge on any atom is 0.194 e. The number of Topliss-reactive ketones (excluding diaryl/α,β-unsaturated/α-hetero) is 1. The summed E-state index contributed by atoms with van der Waals surface area (Å²) in [6.45, 7) is 3.44. The number of carbonyl (C=O) groups excluding carboxylic acids is 1. The molecule has 0 radical (unpaired) electrons. The van der Waals surface area contributed by atoms with Gasteiger partial charge in [-0.2, -0.15) is 0 Å². The Balaban J connectivity index is 2.34. The van der Waals surface area contributed by atoms with E-state index >= 15 is 0 Å². The Morgan fingerprint density at radius 1 is 1.41 bits per heavy atom. The molecule has 1 saturated carbocycles. The van der Waals surface area contributed by atoms with E-state index in [1.54, 1.807) is 6.92 Å². The standard InChI is InChI=1S/C15H20O2/c1-3-15(2,17)14(16)13-10-5-4-9-12(13)11-7-6-8-11/h4-5,9-11,17H,3,6-8H2,1-2H3. The third-order valence-corrected chi connectivity index (χ3v) is 3.93. The topological polar surface area (TPSA) is 37.3 Å². The fourth-order valence-electron chi connectivity index (χ4n) is 2.23. The molecular formula is C15H20O2. The van der Waals surface area contributed by atoms with Gasteiger partial charge in [0.05, 0.1) is 0 Å². The summed E-state index contributed by atoms with van der Waals surface area (Å²) >= 11 is 0. The third-order valence-electron chi connectivity index (χ3n) is 3.93. The first kappa shape index (κ1) is 12.3. The molecule has 0 amide bonds. The molecule has 2 heteroatoms. The molecule has 1 N–H and O–H groups in total. The molecule has 17 heavy (non-hydrogen) atoms. The Morgan fingerprint density at radius 2 is 2.06 bits per heavy atom. The molecule has 0 saturated heterocycles. The molecule has 2 nitrogen and oxygen atoms in total. The van der Waals surface area contributed by atoms with Crippen LogP contribution in [-0.4, -0.2) is 16.5 Å². The fourth-order valence-corrected chi connectivity index (χ4v) is 2.23. The lowest BCUT2D eigenvalue weighted by Gasteiger charge is -2.29. The normalized spacial score (nSPS) is 19.5. The van der Waals surface area contributed by atoms with Gasteiger partial charge in [-0.3, -0.25) is 4.79 Å². The highest BCUT2D eigenvalue weighted by Gasteiger charge is 2.32. The number of rotatable bonds is 4. The summed E-state index contributed by atoms with van der Waals surface area (Å²) in [6, 6.07) is 7.73. The highest BCUT2D eigenvalue weighted by atomic mass is 16.3. The zero-order valence-corrected chi connectivity index (χ0v) is 10.6. The first-order valence-corrected chi connectivity index (χ1v) is 6.42. The Bertz CT molecular complexity index is 417. The average molecular weight is 232 g/mol. The van der Waals surface area contributed by atoms with Crippen LogP contribution in [0.3, 0.4) is 0 Å². The molecule has 92 valence electrons. The third kappa shape index (κ3) is 2.27. The molecule has 1 aromatic carbocycles. The number of hydrogen-bond acceptors (Lipinski definition) is 2. The maximum atomic E-state index is 12.3. The summed E-state index contributed by atoms with van der Waals surface area (Å²) in [5.41, 5.74) is 0.598. The summed E-state index contributed by atoms with van der Waals surface area (Å²) in [4.78, 5) is 12.3. The molecule has 0 bridgehead atoms. The average Bonchev–Trinajstić information content (AvgIpc) is 2.26. The molecule has 1 atom stereocenters. The van der Waals surface area contributed by atoms with Crippen LogP contribution >= 0.6 is 0 Å². The van der Waals surface area contributed by atoms with Crippen LogP contribution in [0.25, 0.3) is 0 Å². The number of ketones is 1. The van der Waals surface area contributed by atoms with Gasteiger partial charge in [-0.25, -0.2) is 0 Å². The van der Waals surface area contributed by atoms with Gasteiger partial charge in [0.2, 0.25) is 0 Å². The van der Waals surface area contributed by atoms with Crippen molar-refractivity contribution in [2.45, 2.75) is 51.0 Å². The van der Waals surface area contributed by atoms with E-state index in [1.165, 1.54) is 19.3 Å². The number of benzene rings is 1. The van der Waals surface area contributed by atoms with Crippen LogP contribution in [0.5, 0.6) is 0 Å². The van der Waals surface area contributed by atoms with Crippen LogP contribution in [0, 0.1) is 0 Å². The van der Waals surface area contributed by atoms with Crippen molar-refractivity contribution < 1.29 is 9.90 Å². The second kappa shape index (κ2) is 4.61. The van der Waals surface area contributed by atoms with Gasteiger partial charge < -0.3 is 5.11 Å². The van der Waals surface area contributed by atoms with Gasteiger partial charge in [-0.15, -0.1) is 0 Å². The van der Waals surface area contributed by atoms with Crippen LogP contribution in [-0.2, 0) is 0 Å². The smallest absolute Gasteiger partial charge is 0.194 e. The van der Waals surface area contributed by atoms with Gasteiger partial charge in [0.1, 0.15) is 5.60 Å². The van der Waals surface area contributed by atoms with E-state index in [0.29, 0.717) is 17.9 Å². The van der Waals surface area contributed by atoms with Crippen LogP contribution < -0.4 is 0 Å². The van der Waals surface area contributed by atoms with Gasteiger partial charge in [-0.05, 0) is 37.7 Å². The Kier molecular flexibility index (Phi) is 3.34. The monoisotopic (exact) mass is 232 g/mol. The van der Waals surface area contributed by atoms with Crippen molar-refractivity contribution in [2.24, 2.45) is 0 Å². The van der Waals surface area contributed by atoms with E-state index in [1.807, 2.05) is 31.2 Å². The van der Waals surface area contributed by atoms with Crippen molar-refractivity contribution in [3.8, 4) is 0 Å². The minimum Gasteiger partial charge on any atom is -0.382 e. The predicted molar refractivity (Wildman–Crippen MR) is 68.3 cm³/mol. The fraction of sp³-hybridized carbons (Fsp3) is 0.533. The summed E-state index contributed by atoms with van der Waals surface area (Å²) in [5.74, 6) is 0.380. The van der Waals surface area contributed by atoms with Crippen molar-refractivity contribution in [3.63, 3.8) is 0 Å². The number of hydrogen-bond donors (Lipinski definition) is 1. The highest BCUT2D eigenvalue weighted by Crippen LogP contribution is 2.38. The molecule has 0 aromatic heterocycles. The van der Waals surface area contributed by atoms with Gasteiger partial charge in [0, 0.05) is 5.56 Å². The van der Waals surface area contributed by atoms with Gasteiger partial charge in [0.25, 0.3) is 0 Å². The highest BCUT2D eigenvalue weighted by molar-refractivity contribution is 6.03.